The van der Waals surface area contributed by atoms with Crippen LogP contribution in [0.25, 0.3) is 0 Å². The molecular weight excluding hydrogens is 438 g/mol. The van der Waals surface area contributed by atoms with Gasteiger partial charge in [0, 0.05) is 23.5 Å². The topological polar surface area (TPSA) is 119 Å². The molecule has 0 radical (unpaired) electrons. The summed E-state index contributed by atoms with van der Waals surface area (Å²) in [7, 11) is -3.63. The Hall–Kier alpha value is -2.27. The number of fused-ring (bicyclic) bond motifs is 1. The summed E-state index contributed by atoms with van der Waals surface area (Å²) in [6.07, 6.45) is 2.62. The molecule has 1 aromatic carbocycles. The molecule has 10 heteroatoms. The van der Waals surface area contributed by atoms with Crippen LogP contribution in [0.1, 0.15) is 44.5 Å². The SMILES string of the molecule is C[C@H]1CCc2c(sc(NC(=O)c3ccc(S(=O)(=O)N4CCOCC4)cc3)c2C(N)=O)C1. The molecule has 4 rings (SSSR count). The summed E-state index contributed by atoms with van der Waals surface area (Å²) >= 11 is 1.40. The number of thiophene rings is 1. The number of hydrogen-bond donors (Lipinski definition) is 2. The van der Waals surface area contributed by atoms with Gasteiger partial charge >= 0.3 is 0 Å². The summed E-state index contributed by atoms with van der Waals surface area (Å²) in [5.74, 6) is -0.435. The molecule has 1 aliphatic heterocycles. The Morgan fingerprint density at radius 1 is 1.19 bits per heavy atom. The Morgan fingerprint density at radius 2 is 1.87 bits per heavy atom. The van der Waals surface area contributed by atoms with Gasteiger partial charge in [-0.05, 0) is 55.0 Å². The number of rotatable bonds is 5. The summed E-state index contributed by atoms with van der Waals surface area (Å²) in [6, 6.07) is 5.80. The van der Waals surface area contributed by atoms with E-state index in [1.165, 1.54) is 39.9 Å². The number of carbonyl (C=O) groups excluding carboxylic acids is 2. The molecule has 1 atom stereocenters. The van der Waals surface area contributed by atoms with Crippen LogP contribution in [0.3, 0.4) is 0 Å². The Bertz CT molecular complexity index is 1100. The Morgan fingerprint density at radius 3 is 2.52 bits per heavy atom. The largest absolute Gasteiger partial charge is 0.379 e. The van der Waals surface area contributed by atoms with Gasteiger partial charge in [0.15, 0.2) is 0 Å². The summed E-state index contributed by atoms with van der Waals surface area (Å²) in [6.45, 7) is 3.51. The molecular formula is C21H25N3O5S2. The third kappa shape index (κ3) is 4.38. The molecule has 0 bridgehead atoms. The van der Waals surface area contributed by atoms with E-state index in [1.807, 2.05) is 0 Å². The number of amides is 2. The fourth-order valence-electron chi connectivity index (χ4n) is 3.99. The molecule has 1 fully saturated rings. The summed E-state index contributed by atoms with van der Waals surface area (Å²) < 4.78 is 32.1. The van der Waals surface area contributed by atoms with Gasteiger partial charge in [-0.2, -0.15) is 4.31 Å². The first-order chi connectivity index (χ1) is 14.8. The van der Waals surface area contributed by atoms with E-state index in [2.05, 4.69) is 12.2 Å². The molecule has 8 nitrogen and oxygen atoms in total. The standard InChI is InChI=1S/C21H25N3O5S2/c1-13-2-7-16-17(12-13)30-21(18(16)19(22)25)23-20(26)14-3-5-15(6-4-14)31(27,28)24-8-10-29-11-9-24/h3-6,13H,2,7-12H2,1H3,(H2,22,25)(H,23,26)/t13-/m0/s1. The number of anilines is 1. The average Bonchev–Trinajstić information content (AvgIpc) is 3.11. The lowest BCUT2D eigenvalue weighted by Crippen LogP contribution is -2.40. The van der Waals surface area contributed by atoms with Gasteiger partial charge in [-0.3, -0.25) is 9.59 Å². The Balaban J connectivity index is 1.54. The minimum Gasteiger partial charge on any atom is -0.379 e. The monoisotopic (exact) mass is 463 g/mol. The van der Waals surface area contributed by atoms with Crippen molar-refractivity contribution in [2.45, 2.75) is 31.1 Å². The van der Waals surface area contributed by atoms with Crippen LogP contribution in [0.5, 0.6) is 0 Å². The van der Waals surface area contributed by atoms with Gasteiger partial charge in [0.25, 0.3) is 11.8 Å². The van der Waals surface area contributed by atoms with Crippen molar-refractivity contribution in [2.24, 2.45) is 11.7 Å². The molecule has 1 aliphatic carbocycles. The predicted octanol–water partition coefficient (Wildman–Crippen LogP) is 2.25. The van der Waals surface area contributed by atoms with Gasteiger partial charge in [0.1, 0.15) is 5.00 Å². The lowest BCUT2D eigenvalue weighted by atomic mass is 9.88. The smallest absolute Gasteiger partial charge is 0.256 e. The van der Waals surface area contributed by atoms with Crippen molar-refractivity contribution < 1.29 is 22.7 Å². The van der Waals surface area contributed by atoms with Crippen molar-refractivity contribution in [2.75, 3.05) is 31.6 Å². The number of primary amides is 1. The number of ether oxygens (including phenoxy) is 1. The van der Waals surface area contributed by atoms with E-state index in [1.54, 1.807) is 0 Å². The molecule has 166 valence electrons. The lowest BCUT2D eigenvalue weighted by molar-refractivity contribution is 0.0730. The van der Waals surface area contributed by atoms with Crippen LogP contribution in [0.4, 0.5) is 5.00 Å². The van der Waals surface area contributed by atoms with Gasteiger partial charge in [-0.1, -0.05) is 6.92 Å². The van der Waals surface area contributed by atoms with Crippen molar-refractivity contribution in [3.05, 3.63) is 45.8 Å². The number of carbonyl (C=O) groups is 2. The van der Waals surface area contributed by atoms with Gasteiger partial charge in [0.2, 0.25) is 10.0 Å². The number of nitrogens with zero attached hydrogens (tertiary/aromatic N) is 1. The first-order valence-corrected chi connectivity index (χ1v) is 12.5. The minimum atomic E-state index is -3.63. The van der Waals surface area contributed by atoms with Crippen molar-refractivity contribution in [1.29, 1.82) is 0 Å². The number of hydrogen-bond acceptors (Lipinski definition) is 6. The number of nitrogens with one attached hydrogen (secondary N) is 1. The van der Waals surface area contributed by atoms with Gasteiger partial charge < -0.3 is 15.8 Å². The predicted molar refractivity (Wildman–Crippen MR) is 118 cm³/mol. The molecule has 0 saturated carbocycles. The van der Waals surface area contributed by atoms with Crippen molar-refractivity contribution in [3.63, 3.8) is 0 Å². The number of nitrogens with two attached hydrogens (primary N) is 1. The second-order valence-corrected chi connectivity index (χ2v) is 11.0. The van der Waals surface area contributed by atoms with Crippen molar-refractivity contribution in [1.82, 2.24) is 4.31 Å². The molecule has 1 saturated heterocycles. The van der Waals surface area contributed by atoms with E-state index in [0.29, 0.717) is 48.3 Å². The molecule has 2 aliphatic rings. The first-order valence-electron chi connectivity index (χ1n) is 10.2. The van der Waals surface area contributed by atoms with E-state index < -0.39 is 21.8 Å². The molecule has 0 unspecified atom stereocenters. The quantitative estimate of drug-likeness (QED) is 0.705. The van der Waals surface area contributed by atoms with E-state index in [4.69, 9.17) is 10.5 Å². The third-order valence-electron chi connectivity index (χ3n) is 5.71. The molecule has 2 amide bonds. The fraction of sp³-hybridized carbons (Fsp3) is 0.429. The van der Waals surface area contributed by atoms with Gasteiger partial charge in [-0.25, -0.2) is 8.42 Å². The summed E-state index contributed by atoms with van der Waals surface area (Å²) in [5, 5.41) is 3.26. The normalized spacial score (nSPS) is 19.6. The maximum absolute atomic E-state index is 12.8. The lowest BCUT2D eigenvalue weighted by Gasteiger charge is -2.26. The maximum atomic E-state index is 12.8. The average molecular weight is 464 g/mol. The second kappa shape index (κ2) is 8.70. The van der Waals surface area contributed by atoms with Crippen LogP contribution in [0, 0.1) is 5.92 Å². The van der Waals surface area contributed by atoms with Crippen LogP contribution < -0.4 is 11.1 Å². The van der Waals surface area contributed by atoms with E-state index >= 15 is 0 Å². The van der Waals surface area contributed by atoms with Crippen molar-refractivity contribution in [3.8, 4) is 0 Å². The Kier molecular flexibility index (Phi) is 6.16. The first kappa shape index (κ1) is 21.9. The van der Waals surface area contributed by atoms with Crippen LogP contribution >= 0.6 is 11.3 Å². The molecule has 2 heterocycles. The van der Waals surface area contributed by atoms with E-state index in [-0.39, 0.29) is 4.90 Å². The number of sulfonamides is 1. The zero-order valence-corrected chi connectivity index (χ0v) is 18.9. The van der Waals surface area contributed by atoms with Crippen LogP contribution in [-0.4, -0.2) is 50.8 Å². The van der Waals surface area contributed by atoms with E-state index in [0.717, 1.165) is 29.7 Å². The summed E-state index contributed by atoms with van der Waals surface area (Å²) in [4.78, 5) is 26.1. The van der Waals surface area contributed by atoms with Gasteiger partial charge in [0.05, 0.1) is 23.7 Å². The van der Waals surface area contributed by atoms with Crippen molar-refractivity contribution >= 4 is 38.2 Å². The third-order valence-corrected chi connectivity index (χ3v) is 8.79. The molecule has 3 N–H and O–H groups in total. The minimum absolute atomic E-state index is 0.129. The molecule has 2 aromatic rings. The zero-order valence-electron chi connectivity index (χ0n) is 17.2. The zero-order chi connectivity index (χ0) is 22.2. The number of benzene rings is 1. The molecule has 31 heavy (non-hydrogen) atoms. The van der Waals surface area contributed by atoms with Crippen LogP contribution in [-0.2, 0) is 27.6 Å². The highest BCUT2D eigenvalue weighted by molar-refractivity contribution is 7.89. The maximum Gasteiger partial charge on any atom is 0.256 e. The second-order valence-electron chi connectivity index (χ2n) is 7.92. The Labute approximate surface area is 185 Å². The van der Waals surface area contributed by atoms with Crippen LogP contribution in [0.2, 0.25) is 0 Å². The molecule has 0 spiro atoms. The molecule has 1 aromatic heterocycles. The van der Waals surface area contributed by atoms with Gasteiger partial charge in [-0.15, -0.1) is 11.3 Å². The highest BCUT2D eigenvalue weighted by Crippen LogP contribution is 2.39. The highest BCUT2D eigenvalue weighted by atomic mass is 32.2. The number of morpholine rings is 1. The fourth-order valence-corrected chi connectivity index (χ4v) is 6.81. The highest BCUT2D eigenvalue weighted by Gasteiger charge is 2.28. The van der Waals surface area contributed by atoms with E-state index in [9.17, 15) is 18.0 Å². The van der Waals surface area contributed by atoms with Crippen LogP contribution in [0.15, 0.2) is 29.2 Å². The summed E-state index contributed by atoms with van der Waals surface area (Å²) in [5.41, 5.74) is 7.25.